The molecule has 32 nitrogen and oxygen atoms in total. The van der Waals surface area contributed by atoms with Gasteiger partial charge in [-0.25, -0.2) is 4.79 Å². The Labute approximate surface area is 589 Å². The largest absolute Gasteiger partial charge is 0.493 e. The zero-order valence-corrected chi connectivity index (χ0v) is 58.6. The number of carbonyl (C=O) groups excluding carboxylic acids is 2. The van der Waals surface area contributed by atoms with Crippen LogP contribution in [-0.4, -0.2) is 300 Å². The molecule has 5 aliphatic carbocycles. The Kier molecular flexibility index (Phi) is 23.2. The predicted octanol–water partition coefficient (Wildman–Crippen LogP) is -2.23. The molecule has 0 radical (unpaired) electrons. The molecule has 34 atom stereocenters. The predicted molar refractivity (Wildman–Crippen MR) is 344 cm³/mol. The topological polar surface area (TPSA) is 495 Å². The average Bonchev–Trinajstić information content (AvgIpc) is 0.669. The van der Waals surface area contributed by atoms with Crippen molar-refractivity contribution in [2.45, 2.75) is 266 Å². The van der Waals surface area contributed by atoms with Crippen molar-refractivity contribution in [3.05, 3.63) is 41.5 Å². The molecule has 102 heavy (non-hydrogen) atoms. The molecule has 0 bridgehead atoms. The van der Waals surface area contributed by atoms with E-state index in [-0.39, 0.29) is 50.0 Å². The van der Waals surface area contributed by atoms with Crippen LogP contribution in [0.5, 0.6) is 11.5 Å². The molecule has 1 aromatic carbocycles. The Morgan fingerprint density at radius 3 is 1.76 bits per heavy atom. The summed E-state index contributed by atoms with van der Waals surface area (Å²) < 4.78 is 76.8. The molecule has 0 amide bonds. The molecule has 11 rings (SSSR count). The molecular weight excluding hydrogens is 1350 g/mol. The number of carbonyl (C=O) groups is 3. The third kappa shape index (κ3) is 13.6. The molecule has 1 aromatic rings. The van der Waals surface area contributed by atoms with Gasteiger partial charge in [0, 0.05) is 11.5 Å². The van der Waals surface area contributed by atoms with Gasteiger partial charge in [-0.2, -0.15) is 0 Å². The summed E-state index contributed by atoms with van der Waals surface area (Å²) in [5.41, 5.74) is -5.05. The second-order valence-electron chi connectivity index (χ2n) is 31.3. The third-order valence-electron chi connectivity index (χ3n) is 25.1. The first-order valence-electron chi connectivity index (χ1n) is 35.2. The van der Waals surface area contributed by atoms with Gasteiger partial charge in [0.25, 0.3) is 0 Å². The molecule has 10 aliphatic rings. The number of carboxylic acid groups (broad SMARTS) is 1. The van der Waals surface area contributed by atoms with Crippen molar-refractivity contribution in [2.75, 3.05) is 40.6 Å². The molecule has 576 valence electrons. The van der Waals surface area contributed by atoms with Crippen LogP contribution in [0, 0.1) is 50.2 Å². The number of fused-ring (bicyclic) bond motifs is 7. The van der Waals surface area contributed by atoms with Crippen LogP contribution in [0.15, 0.2) is 35.9 Å². The van der Waals surface area contributed by atoms with Crippen molar-refractivity contribution >= 4 is 24.0 Å². The Morgan fingerprint density at radius 2 is 1.15 bits per heavy atom. The number of aliphatic hydroxyl groups excluding tert-OH is 15. The number of esters is 2. The number of hydrogen-bond acceptors (Lipinski definition) is 31. The van der Waals surface area contributed by atoms with Crippen molar-refractivity contribution < 1.29 is 158 Å². The minimum absolute atomic E-state index is 0.00146. The number of carboxylic acids is 1. The van der Waals surface area contributed by atoms with Crippen LogP contribution in [0.25, 0.3) is 6.08 Å². The van der Waals surface area contributed by atoms with E-state index in [0.29, 0.717) is 42.7 Å². The second-order valence-corrected chi connectivity index (χ2v) is 31.3. The third-order valence-corrected chi connectivity index (χ3v) is 25.1. The van der Waals surface area contributed by atoms with Gasteiger partial charge in [-0.1, -0.05) is 45.4 Å². The van der Waals surface area contributed by atoms with Gasteiger partial charge < -0.3 is 143 Å². The van der Waals surface area contributed by atoms with Crippen molar-refractivity contribution in [3.63, 3.8) is 0 Å². The maximum Gasteiger partial charge on any atom is 0.331 e. The highest BCUT2D eigenvalue weighted by atomic mass is 16.8. The first-order valence-corrected chi connectivity index (χ1v) is 35.2. The molecular formula is C70H104O32. The van der Waals surface area contributed by atoms with Gasteiger partial charge in [0.15, 0.2) is 48.9 Å². The summed E-state index contributed by atoms with van der Waals surface area (Å²) in [6.45, 7) is 10.0. The van der Waals surface area contributed by atoms with E-state index in [1.54, 1.807) is 18.2 Å². The number of aliphatic hydroxyl groups is 15. The van der Waals surface area contributed by atoms with E-state index in [4.69, 9.17) is 61.6 Å². The smallest absolute Gasteiger partial charge is 0.331 e. The number of ether oxygens (including phenoxy) is 13. The van der Waals surface area contributed by atoms with Crippen LogP contribution in [0.1, 0.15) is 112 Å². The Hall–Kier alpha value is -4.25. The van der Waals surface area contributed by atoms with Crippen LogP contribution in [-0.2, 0) is 66.5 Å². The highest BCUT2D eigenvalue weighted by Crippen LogP contribution is 2.76. The number of aliphatic carboxylic acids is 1. The molecule has 32 heteroatoms. The maximum atomic E-state index is 16.0. The lowest BCUT2D eigenvalue weighted by molar-refractivity contribution is -0.380. The van der Waals surface area contributed by atoms with Crippen LogP contribution in [0.2, 0.25) is 0 Å². The highest BCUT2D eigenvalue weighted by Gasteiger charge is 2.74. The minimum Gasteiger partial charge on any atom is -0.493 e. The van der Waals surface area contributed by atoms with Crippen molar-refractivity contribution in [1.29, 1.82) is 0 Å². The average molecular weight is 1460 g/mol. The summed E-state index contributed by atoms with van der Waals surface area (Å²) in [5, 5.41) is 178. The van der Waals surface area contributed by atoms with Crippen LogP contribution >= 0.6 is 0 Å². The van der Waals surface area contributed by atoms with Gasteiger partial charge in [0.2, 0.25) is 6.29 Å². The molecule has 0 spiro atoms. The summed E-state index contributed by atoms with van der Waals surface area (Å²) in [4.78, 5) is 43.7. The van der Waals surface area contributed by atoms with Crippen LogP contribution in [0.3, 0.4) is 0 Å². The van der Waals surface area contributed by atoms with E-state index in [2.05, 4.69) is 26.8 Å². The first kappa shape index (κ1) is 78.8. The van der Waals surface area contributed by atoms with E-state index in [1.165, 1.54) is 41.1 Å². The zero-order chi connectivity index (χ0) is 74.4. The number of allylic oxidation sites excluding steroid dienone is 1. The lowest BCUT2D eigenvalue weighted by Gasteiger charge is -2.71. The maximum absolute atomic E-state index is 16.0. The lowest BCUT2D eigenvalue weighted by atomic mass is 9.33. The fourth-order valence-corrected chi connectivity index (χ4v) is 19.3. The quantitative estimate of drug-likeness (QED) is 0.0302. The van der Waals surface area contributed by atoms with Gasteiger partial charge in [-0.3, -0.25) is 9.59 Å². The van der Waals surface area contributed by atoms with E-state index in [0.717, 1.165) is 11.6 Å². The molecule has 16 N–H and O–H groups in total. The van der Waals surface area contributed by atoms with Gasteiger partial charge >= 0.3 is 17.9 Å². The van der Waals surface area contributed by atoms with Gasteiger partial charge in [0.05, 0.1) is 69.8 Å². The monoisotopic (exact) mass is 1460 g/mol. The van der Waals surface area contributed by atoms with Gasteiger partial charge in [0.1, 0.15) is 97.7 Å². The van der Waals surface area contributed by atoms with Crippen molar-refractivity contribution in [2.24, 2.45) is 50.2 Å². The number of benzene rings is 1. The van der Waals surface area contributed by atoms with E-state index in [9.17, 15) is 91.3 Å². The zero-order valence-electron chi connectivity index (χ0n) is 58.6. The Bertz CT molecular complexity index is 3190. The normalized spacial score (nSPS) is 48.6. The van der Waals surface area contributed by atoms with Crippen molar-refractivity contribution in [1.82, 2.24) is 0 Å². The van der Waals surface area contributed by atoms with E-state index in [1.807, 2.05) is 6.92 Å². The highest BCUT2D eigenvalue weighted by molar-refractivity contribution is 5.87. The molecule has 5 saturated heterocycles. The summed E-state index contributed by atoms with van der Waals surface area (Å²) in [5.74, 6) is -3.93. The van der Waals surface area contributed by atoms with Gasteiger partial charge in [-0.15, -0.1) is 0 Å². The number of methoxy groups -OCH3 is 2. The molecule has 5 aliphatic heterocycles. The summed E-state index contributed by atoms with van der Waals surface area (Å²) >= 11 is 0. The lowest BCUT2D eigenvalue weighted by Crippen LogP contribution is -2.71. The fraction of sp³-hybridized carbons (Fsp3) is 0.814. The SMILES string of the molecule is COc1ccc(C=CC(=O)OC2C(C)OC(OC(=O)C34CCC(C)(C)CC3C3=CCC5C6(C)CC(O)C(OC7OC(CO)C(O)C(O)C7O)C(C)(C(=O)O)C6CCC5(C)C3(CO)CC4)C(OC3OC(C)C(OC4OCC(O)C(OC5OC(CO)C(O)C(O)C5O)C4O)C(O)C3O)C2O)cc1OC. The summed E-state index contributed by atoms with van der Waals surface area (Å²) in [7, 11) is 2.90. The molecule has 5 heterocycles. The van der Waals surface area contributed by atoms with Crippen LogP contribution < -0.4 is 9.47 Å². The van der Waals surface area contributed by atoms with Crippen LogP contribution in [0.4, 0.5) is 0 Å². The molecule has 9 fully saturated rings. The fourth-order valence-electron chi connectivity index (χ4n) is 19.3. The van der Waals surface area contributed by atoms with E-state index >= 15 is 4.79 Å². The second kappa shape index (κ2) is 30.1. The summed E-state index contributed by atoms with van der Waals surface area (Å²) in [6, 6.07) is 4.88. The number of rotatable bonds is 19. The minimum atomic E-state index is -2.10. The standard InChI is InChI=1S/C70H104O32/c1-29-53(98-58-52(86)55(35(75)27-92-58)99-60-48(82)45(79)43(77)38(25-71)95-60)47(81)50(84)59(93-29)100-56-51(85)54(97-42(76)15-11-31-10-13-36(90-8)37(22-31)91-9)30(2)94-62(56)102-64(89)69-19-18-65(3,4)23-33(69)32-12-14-40-66(5)24-34(74)57(101-61-49(83)46(80)44(78)39(26-72)96-61)68(7,63(87)88)41(66)16-17-67(40,6)70(32,28-73)21-20-69/h10-13,15,22,29-30,33-35,38-41,43-62,71-75,77-86H,14,16-21,23-28H2,1-9H3,(H,87,88). The molecule has 0 aromatic heterocycles. The molecule has 4 saturated carbocycles. The van der Waals surface area contributed by atoms with Gasteiger partial charge in [-0.05, 0) is 136 Å². The van der Waals surface area contributed by atoms with Crippen molar-refractivity contribution in [3.8, 4) is 11.5 Å². The Morgan fingerprint density at radius 1 is 0.569 bits per heavy atom. The molecule has 34 unspecified atom stereocenters. The number of hydrogen-bond donors (Lipinski definition) is 16. The summed E-state index contributed by atoms with van der Waals surface area (Å²) in [6.07, 6.45) is -37.5. The first-order chi connectivity index (χ1) is 48.0. The van der Waals surface area contributed by atoms with E-state index < -0.39 is 236 Å². The Balaban J connectivity index is 0.860.